The summed E-state index contributed by atoms with van der Waals surface area (Å²) in [5.41, 5.74) is 6.89. The van der Waals surface area contributed by atoms with Crippen molar-refractivity contribution in [3.8, 4) is 0 Å². The van der Waals surface area contributed by atoms with E-state index in [2.05, 4.69) is 24.3 Å². The molecule has 90 valence electrons. The van der Waals surface area contributed by atoms with Gasteiger partial charge in [0.15, 0.2) is 0 Å². The molecule has 0 unspecified atom stereocenters. The Morgan fingerprint density at radius 3 is 2.41 bits per heavy atom. The summed E-state index contributed by atoms with van der Waals surface area (Å²) in [7, 11) is 0. The average Bonchev–Trinajstić information content (AvgIpc) is 2.37. The van der Waals surface area contributed by atoms with E-state index in [1.807, 2.05) is 12.1 Å². The van der Waals surface area contributed by atoms with Crippen LogP contribution in [0.2, 0.25) is 5.02 Å². The minimum atomic E-state index is 0.793. The number of rotatable bonds is 5. The molecular weight excluding hydrogens is 230 g/mol. The first kappa shape index (κ1) is 12.4. The fourth-order valence-electron chi connectivity index (χ4n) is 2.18. The van der Waals surface area contributed by atoms with Crippen LogP contribution in [0.1, 0.15) is 24.8 Å². The topological polar surface area (TPSA) is 26.0 Å². The third-order valence-corrected chi connectivity index (χ3v) is 3.44. The van der Waals surface area contributed by atoms with Crippen LogP contribution >= 0.6 is 11.6 Å². The highest BCUT2D eigenvalue weighted by atomic mass is 35.5. The monoisotopic (exact) mass is 247 g/mol. The molecule has 1 nitrogen and oxygen atoms in total. The average molecular weight is 248 g/mol. The molecule has 0 aromatic heterocycles. The third kappa shape index (κ3) is 2.99. The van der Waals surface area contributed by atoms with E-state index in [4.69, 9.17) is 17.3 Å². The van der Waals surface area contributed by atoms with E-state index in [1.165, 1.54) is 23.8 Å². The van der Waals surface area contributed by atoms with Gasteiger partial charge >= 0.3 is 0 Å². The molecule has 17 heavy (non-hydrogen) atoms. The molecule has 0 saturated carbocycles. The standard InChI is InChI=1S/C15H18ClN/c16-15-10-9-12(6-2-1-5-11-17)13-7-3-4-8-14(13)15/h3-4,7-10H,1-2,5-6,11,17H2. The van der Waals surface area contributed by atoms with Crippen LogP contribution in [-0.2, 0) is 6.42 Å². The Kier molecular flexibility index (Phi) is 4.41. The maximum absolute atomic E-state index is 6.20. The molecule has 2 aromatic carbocycles. The van der Waals surface area contributed by atoms with Crippen molar-refractivity contribution in [1.29, 1.82) is 0 Å². The molecule has 0 heterocycles. The molecule has 0 atom stereocenters. The zero-order valence-corrected chi connectivity index (χ0v) is 10.7. The number of unbranched alkanes of at least 4 members (excludes halogenated alkanes) is 2. The van der Waals surface area contributed by atoms with E-state index < -0.39 is 0 Å². The van der Waals surface area contributed by atoms with Crippen LogP contribution in [0, 0.1) is 0 Å². The van der Waals surface area contributed by atoms with Crippen LogP contribution in [0.15, 0.2) is 36.4 Å². The molecule has 0 saturated heterocycles. The van der Waals surface area contributed by atoms with Crippen LogP contribution in [0.5, 0.6) is 0 Å². The van der Waals surface area contributed by atoms with E-state index in [1.54, 1.807) is 0 Å². The molecule has 2 N–H and O–H groups in total. The summed E-state index contributed by atoms with van der Waals surface area (Å²) in [4.78, 5) is 0. The van der Waals surface area contributed by atoms with E-state index in [0.29, 0.717) is 0 Å². The van der Waals surface area contributed by atoms with Crippen molar-refractivity contribution < 1.29 is 0 Å². The Labute approximate surface area is 108 Å². The minimum Gasteiger partial charge on any atom is -0.330 e. The maximum Gasteiger partial charge on any atom is 0.0484 e. The fraction of sp³-hybridized carbons (Fsp3) is 0.333. The van der Waals surface area contributed by atoms with Gasteiger partial charge in [-0.25, -0.2) is 0 Å². The second kappa shape index (κ2) is 6.04. The Hall–Kier alpha value is -1.05. The quantitative estimate of drug-likeness (QED) is 0.789. The van der Waals surface area contributed by atoms with Gasteiger partial charge in [0.1, 0.15) is 0 Å². The first-order valence-corrected chi connectivity index (χ1v) is 6.57. The lowest BCUT2D eigenvalue weighted by atomic mass is 10.00. The molecule has 0 aliphatic rings. The first-order valence-electron chi connectivity index (χ1n) is 6.19. The van der Waals surface area contributed by atoms with Crippen LogP contribution in [0.4, 0.5) is 0 Å². The highest BCUT2D eigenvalue weighted by Gasteiger charge is 2.03. The van der Waals surface area contributed by atoms with Gasteiger partial charge in [-0.05, 0) is 42.8 Å². The molecule has 0 amide bonds. The second-order valence-corrected chi connectivity index (χ2v) is 4.76. The zero-order valence-electron chi connectivity index (χ0n) is 9.95. The fourth-order valence-corrected chi connectivity index (χ4v) is 2.41. The summed E-state index contributed by atoms with van der Waals surface area (Å²) in [6.07, 6.45) is 4.62. The lowest BCUT2D eigenvalue weighted by Crippen LogP contribution is -1.98. The van der Waals surface area contributed by atoms with Crippen LogP contribution in [0.25, 0.3) is 10.8 Å². The minimum absolute atomic E-state index is 0.793. The first-order chi connectivity index (χ1) is 8.33. The molecule has 0 radical (unpaired) electrons. The Morgan fingerprint density at radius 1 is 0.882 bits per heavy atom. The molecular formula is C15H18ClN. The van der Waals surface area contributed by atoms with Crippen molar-refractivity contribution in [2.75, 3.05) is 6.54 Å². The number of fused-ring (bicyclic) bond motifs is 1. The van der Waals surface area contributed by atoms with Gasteiger partial charge in [0, 0.05) is 10.4 Å². The van der Waals surface area contributed by atoms with Gasteiger partial charge in [0.25, 0.3) is 0 Å². The van der Waals surface area contributed by atoms with E-state index in [9.17, 15) is 0 Å². The molecule has 0 bridgehead atoms. The van der Waals surface area contributed by atoms with Gasteiger partial charge in [0.05, 0.1) is 0 Å². The number of nitrogens with two attached hydrogens (primary N) is 1. The Balaban J connectivity index is 2.20. The summed E-state index contributed by atoms with van der Waals surface area (Å²) >= 11 is 6.20. The summed E-state index contributed by atoms with van der Waals surface area (Å²) in [5, 5.41) is 3.28. The SMILES string of the molecule is NCCCCCc1ccc(Cl)c2ccccc12. The maximum atomic E-state index is 6.20. The number of hydrogen-bond acceptors (Lipinski definition) is 1. The van der Waals surface area contributed by atoms with Gasteiger partial charge in [-0.2, -0.15) is 0 Å². The summed E-state index contributed by atoms with van der Waals surface area (Å²) in [6.45, 7) is 0.793. The highest BCUT2D eigenvalue weighted by Crippen LogP contribution is 2.27. The Bertz CT molecular complexity index is 493. The van der Waals surface area contributed by atoms with Gasteiger partial charge in [0.2, 0.25) is 0 Å². The van der Waals surface area contributed by atoms with Crippen molar-refractivity contribution in [3.63, 3.8) is 0 Å². The van der Waals surface area contributed by atoms with Crippen molar-refractivity contribution in [2.45, 2.75) is 25.7 Å². The van der Waals surface area contributed by atoms with Gasteiger partial charge in [-0.1, -0.05) is 48.4 Å². The van der Waals surface area contributed by atoms with Crippen LogP contribution < -0.4 is 5.73 Å². The van der Waals surface area contributed by atoms with Gasteiger partial charge in [-0.15, -0.1) is 0 Å². The largest absolute Gasteiger partial charge is 0.330 e. The third-order valence-electron chi connectivity index (χ3n) is 3.11. The van der Waals surface area contributed by atoms with Crippen molar-refractivity contribution >= 4 is 22.4 Å². The number of aryl methyl sites for hydroxylation is 1. The van der Waals surface area contributed by atoms with E-state index in [-0.39, 0.29) is 0 Å². The van der Waals surface area contributed by atoms with Crippen LogP contribution in [0.3, 0.4) is 0 Å². The van der Waals surface area contributed by atoms with Crippen molar-refractivity contribution in [1.82, 2.24) is 0 Å². The molecule has 0 aliphatic heterocycles. The lowest BCUT2D eigenvalue weighted by Gasteiger charge is -2.07. The predicted octanol–water partition coefficient (Wildman–Crippen LogP) is 4.16. The predicted molar refractivity (Wildman–Crippen MR) is 75.6 cm³/mol. The van der Waals surface area contributed by atoms with Crippen molar-refractivity contribution in [2.24, 2.45) is 5.73 Å². The normalized spacial score (nSPS) is 10.9. The summed E-state index contributed by atoms with van der Waals surface area (Å²) in [6, 6.07) is 12.5. The molecule has 2 heteroatoms. The van der Waals surface area contributed by atoms with Crippen molar-refractivity contribution in [3.05, 3.63) is 47.0 Å². The molecule has 0 fully saturated rings. The number of halogens is 1. The van der Waals surface area contributed by atoms with Gasteiger partial charge in [-0.3, -0.25) is 0 Å². The van der Waals surface area contributed by atoms with E-state index >= 15 is 0 Å². The highest BCUT2D eigenvalue weighted by molar-refractivity contribution is 6.35. The molecule has 2 rings (SSSR count). The molecule has 2 aromatic rings. The smallest absolute Gasteiger partial charge is 0.0484 e. The Morgan fingerprint density at radius 2 is 1.65 bits per heavy atom. The van der Waals surface area contributed by atoms with E-state index in [0.717, 1.165) is 29.8 Å². The molecule has 0 spiro atoms. The molecule has 0 aliphatic carbocycles. The lowest BCUT2D eigenvalue weighted by molar-refractivity contribution is 0.688. The van der Waals surface area contributed by atoms with Gasteiger partial charge < -0.3 is 5.73 Å². The number of hydrogen-bond donors (Lipinski definition) is 1. The zero-order chi connectivity index (χ0) is 12.1. The summed E-state index contributed by atoms with van der Waals surface area (Å²) in [5.74, 6) is 0. The number of benzene rings is 2. The van der Waals surface area contributed by atoms with Crippen LogP contribution in [-0.4, -0.2) is 6.54 Å². The second-order valence-electron chi connectivity index (χ2n) is 4.35. The summed E-state index contributed by atoms with van der Waals surface area (Å²) < 4.78 is 0.